The number of nitrogens with one attached hydrogen (secondary N) is 2. The van der Waals surface area contributed by atoms with Gasteiger partial charge in [-0.05, 0) is 59.8 Å². The van der Waals surface area contributed by atoms with E-state index in [2.05, 4.69) is 22.2 Å². The van der Waals surface area contributed by atoms with E-state index >= 15 is 0 Å². The number of hydrogen-bond donors (Lipinski definition) is 3. The van der Waals surface area contributed by atoms with Crippen molar-refractivity contribution in [1.82, 2.24) is 20.4 Å². The molecule has 4 amide bonds. The van der Waals surface area contributed by atoms with Crippen molar-refractivity contribution in [3.63, 3.8) is 0 Å². The second-order valence-electron chi connectivity index (χ2n) is 12.4. The van der Waals surface area contributed by atoms with Crippen LogP contribution in [0.2, 0.25) is 10.0 Å². The van der Waals surface area contributed by atoms with E-state index in [0.717, 1.165) is 22.3 Å². The van der Waals surface area contributed by atoms with Crippen LogP contribution in [0, 0.1) is 0 Å². The molecule has 0 fully saturated rings. The third-order valence-corrected chi connectivity index (χ3v) is 9.02. The predicted octanol–water partition coefficient (Wildman–Crippen LogP) is 9.49. The lowest BCUT2D eigenvalue weighted by Gasteiger charge is -2.15. The first-order valence-electron chi connectivity index (χ1n) is 16.7. The number of ether oxygens (including phenoxy) is 1. The Morgan fingerprint density at radius 2 is 1.04 bits per heavy atom. The number of halogens is 4. The summed E-state index contributed by atoms with van der Waals surface area (Å²) in [5.41, 5.74) is 5.62. The van der Waals surface area contributed by atoms with Crippen LogP contribution in [0.3, 0.4) is 0 Å². The molecular weight excluding hydrogens is 786 g/mol. The van der Waals surface area contributed by atoms with Gasteiger partial charge in [-0.15, -0.1) is 11.6 Å². The summed E-state index contributed by atoms with van der Waals surface area (Å²) in [7, 11) is 6.35. The molecule has 4 aromatic carbocycles. The Bertz CT molecular complexity index is 2070. The largest absolute Gasteiger partial charge is 0.509 e. The minimum Gasteiger partial charge on any atom is -0.509 e. The molecule has 0 radical (unpaired) electrons. The van der Waals surface area contributed by atoms with Crippen molar-refractivity contribution < 1.29 is 29.0 Å². The molecule has 6 rings (SSSR count). The van der Waals surface area contributed by atoms with E-state index in [1.54, 1.807) is 60.2 Å². The first-order valence-corrected chi connectivity index (χ1v) is 18.6. The van der Waals surface area contributed by atoms with E-state index < -0.39 is 17.5 Å². The molecule has 2 aliphatic rings. The van der Waals surface area contributed by atoms with Crippen molar-refractivity contribution in [2.24, 2.45) is 0 Å². The number of aliphatic hydroxyl groups is 1. The Hall–Kier alpha value is -5.00. The van der Waals surface area contributed by atoms with Crippen LogP contribution in [0.15, 0.2) is 109 Å². The highest BCUT2D eigenvalue weighted by Crippen LogP contribution is 2.36. The Labute approximate surface area is 341 Å². The van der Waals surface area contributed by atoms with Crippen LogP contribution < -0.4 is 10.6 Å². The highest BCUT2D eigenvalue weighted by molar-refractivity contribution is 6.62. The van der Waals surface area contributed by atoms with E-state index in [9.17, 15) is 24.3 Å². The second-order valence-corrected chi connectivity index (χ2v) is 13.6. The maximum atomic E-state index is 12.4. The summed E-state index contributed by atoms with van der Waals surface area (Å²) in [4.78, 5) is 48.7. The van der Waals surface area contributed by atoms with E-state index in [-0.39, 0.29) is 40.5 Å². The van der Waals surface area contributed by atoms with Crippen molar-refractivity contribution in [2.75, 3.05) is 34.6 Å². The third kappa shape index (κ3) is 11.5. The number of amides is 4. The van der Waals surface area contributed by atoms with Crippen molar-refractivity contribution in [2.45, 2.75) is 25.9 Å². The molecule has 2 aliphatic heterocycles. The number of rotatable bonds is 5. The highest BCUT2D eigenvalue weighted by atomic mass is 35.5. The summed E-state index contributed by atoms with van der Waals surface area (Å²) in [6.45, 7) is 3.49. The van der Waals surface area contributed by atoms with E-state index in [4.69, 9.17) is 39.5 Å². The zero-order valence-electron chi connectivity index (χ0n) is 31.3. The van der Waals surface area contributed by atoms with Crippen molar-refractivity contribution in [1.29, 1.82) is 0 Å². The standard InChI is InChI=1S/C20H19ClN2O3.C17H14ClNO2.C3H6ClNO.CH3Cl/c1-12-18(26-20(25)23(2)3)17(19(24)22-12)15-10-9-14(11-16(15)21)13-7-5-4-6-8-13;1-10-16(20)15(17(21)19-10)13-8-7-12(9-14(13)18)11-5-3-2-4-6-11;1-5(2)3(4)6;1-2/h4-12H,1-3H3,(H,22,24);2-10,20H,1H3,(H,19,21);1-2H3;1H3. The van der Waals surface area contributed by atoms with Gasteiger partial charge < -0.3 is 30.3 Å². The fraction of sp³-hybridized carbons (Fsp3) is 0.220. The average Bonchev–Trinajstić information content (AvgIpc) is 3.59. The molecule has 0 aliphatic carbocycles. The summed E-state index contributed by atoms with van der Waals surface area (Å²) in [5.74, 6) is -0.291. The lowest BCUT2D eigenvalue weighted by atomic mass is 9.99. The Kier molecular flexibility index (Phi) is 16.6. The zero-order valence-corrected chi connectivity index (χ0v) is 34.3. The Morgan fingerprint density at radius 3 is 1.40 bits per heavy atom. The molecule has 3 N–H and O–H groups in total. The van der Waals surface area contributed by atoms with Crippen molar-refractivity contribution in [3.8, 4) is 22.3 Å². The molecule has 0 saturated heterocycles. The Balaban J connectivity index is 0.000000251. The number of alkyl halides is 1. The molecule has 14 heteroatoms. The van der Waals surface area contributed by atoms with E-state index in [0.29, 0.717) is 21.2 Å². The number of aliphatic hydroxyl groups excluding tert-OH is 1. The lowest BCUT2D eigenvalue weighted by molar-refractivity contribution is -0.116. The van der Waals surface area contributed by atoms with Gasteiger partial charge in [0, 0.05) is 55.7 Å². The molecule has 0 aromatic heterocycles. The van der Waals surface area contributed by atoms with Gasteiger partial charge in [0.05, 0.1) is 23.2 Å². The van der Waals surface area contributed by atoms with Crippen molar-refractivity contribution in [3.05, 3.63) is 130 Å². The zero-order chi connectivity index (χ0) is 41.0. The van der Waals surface area contributed by atoms with Crippen LogP contribution in [0.25, 0.3) is 33.4 Å². The van der Waals surface area contributed by atoms with Crippen LogP contribution >= 0.6 is 46.4 Å². The lowest BCUT2D eigenvalue weighted by Crippen LogP contribution is -2.29. The van der Waals surface area contributed by atoms with Gasteiger partial charge in [0.2, 0.25) is 0 Å². The first-order chi connectivity index (χ1) is 26.1. The van der Waals surface area contributed by atoms with Gasteiger partial charge >= 0.3 is 11.5 Å². The summed E-state index contributed by atoms with van der Waals surface area (Å²) in [5, 5.41) is 15.9. The molecule has 4 aromatic rings. The van der Waals surface area contributed by atoms with E-state index in [1.807, 2.05) is 78.9 Å². The van der Waals surface area contributed by atoms with E-state index in [1.165, 1.54) is 16.2 Å². The summed E-state index contributed by atoms with van der Waals surface area (Å²) < 4.78 is 5.42. The number of carbonyl (C=O) groups excluding carboxylic acids is 4. The quantitative estimate of drug-likeness (QED) is 0.105. The molecule has 2 unspecified atom stereocenters. The third-order valence-electron chi connectivity index (χ3n) is 8.06. The molecule has 2 heterocycles. The molecule has 55 heavy (non-hydrogen) atoms. The number of nitrogens with zero attached hydrogens (tertiary/aromatic N) is 2. The van der Waals surface area contributed by atoms with Crippen molar-refractivity contribution >= 4 is 80.8 Å². The SMILES string of the molecule is CC1NC(=O)C(c2ccc(-c3ccccc3)cc2Cl)=C1O.CC1NC(=O)C(c2ccc(-c3ccccc3)cc2Cl)=C1OC(=O)N(C)C.CCl.CN(C)C(=O)Cl. The minimum atomic E-state index is -0.544. The van der Waals surface area contributed by atoms with Gasteiger partial charge in [-0.1, -0.05) is 108 Å². The van der Waals surface area contributed by atoms with Gasteiger partial charge in [0.15, 0.2) is 0 Å². The smallest absolute Gasteiger partial charge is 0.414 e. The minimum absolute atomic E-state index is 0.0364. The average molecular weight is 829 g/mol. The van der Waals surface area contributed by atoms with Gasteiger partial charge in [-0.3, -0.25) is 14.4 Å². The molecule has 290 valence electrons. The number of carbonyl (C=O) groups is 4. The monoisotopic (exact) mass is 826 g/mol. The number of benzene rings is 4. The van der Waals surface area contributed by atoms with Gasteiger partial charge in [-0.25, -0.2) is 4.79 Å². The molecule has 0 bridgehead atoms. The van der Waals surface area contributed by atoms with Gasteiger partial charge in [0.25, 0.3) is 11.8 Å². The normalized spacial score (nSPS) is 15.6. The molecule has 2 atom stereocenters. The first kappa shape index (κ1) is 44.4. The summed E-state index contributed by atoms with van der Waals surface area (Å²) in [6.07, 6.45) is 0.929. The molecule has 10 nitrogen and oxygen atoms in total. The topological polar surface area (TPSA) is 128 Å². The fourth-order valence-corrected chi connectivity index (χ4v) is 5.78. The Morgan fingerprint density at radius 1 is 0.636 bits per heavy atom. The molecular formula is C41H42Cl4N4O6. The highest BCUT2D eigenvalue weighted by Gasteiger charge is 2.34. The predicted molar refractivity (Wildman–Crippen MR) is 222 cm³/mol. The second kappa shape index (κ2) is 20.6. The fourth-order valence-electron chi connectivity index (χ4n) is 5.23. The summed E-state index contributed by atoms with van der Waals surface area (Å²) in [6, 6.07) is 29.8. The van der Waals surface area contributed by atoms with Crippen LogP contribution in [0.4, 0.5) is 9.59 Å². The van der Waals surface area contributed by atoms with Crippen LogP contribution in [0.5, 0.6) is 0 Å². The number of hydrogen-bond acceptors (Lipinski definition) is 6. The molecule has 0 saturated carbocycles. The van der Waals surface area contributed by atoms with Crippen LogP contribution in [-0.2, 0) is 14.3 Å². The van der Waals surface area contributed by atoms with Gasteiger partial charge in [0.1, 0.15) is 11.5 Å². The maximum absolute atomic E-state index is 12.4. The van der Waals surface area contributed by atoms with Gasteiger partial charge in [-0.2, -0.15) is 0 Å². The maximum Gasteiger partial charge on any atom is 0.414 e. The van der Waals surface area contributed by atoms with Crippen LogP contribution in [-0.4, -0.2) is 84.8 Å². The summed E-state index contributed by atoms with van der Waals surface area (Å²) >= 11 is 22.3. The molecule has 0 spiro atoms. The van der Waals surface area contributed by atoms with Crippen LogP contribution in [0.1, 0.15) is 25.0 Å².